The summed E-state index contributed by atoms with van der Waals surface area (Å²) in [5.74, 6) is 0.579. The van der Waals surface area contributed by atoms with E-state index in [1.54, 1.807) is 7.11 Å². The molecule has 2 heterocycles. The number of anilines is 1. The zero-order valence-corrected chi connectivity index (χ0v) is 20.2. The summed E-state index contributed by atoms with van der Waals surface area (Å²) in [6.07, 6.45) is 4.37. The number of amides is 1. The van der Waals surface area contributed by atoms with Crippen LogP contribution in [0.15, 0.2) is 77.2 Å². The second kappa shape index (κ2) is 10.3. The molecule has 6 nitrogen and oxygen atoms in total. The fourth-order valence-corrected chi connectivity index (χ4v) is 4.66. The van der Waals surface area contributed by atoms with Crippen LogP contribution in [-0.4, -0.2) is 61.6 Å². The van der Waals surface area contributed by atoms with Crippen molar-refractivity contribution in [3.05, 3.63) is 78.4 Å². The molecule has 0 radical (unpaired) electrons. The van der Waals surface area contributed by atoms with Gasteiger partial charge in [-0.1, -0.05) is 60.7 Å². The molecule has 4 aromatic rings. The van der Waals surface area contributed by atoms with Gasteiger partial charge in [0.2, 0.25) is 5.91 Å². The van der Waals surface area contributed by atoms with Crippen LogP contribution < -0.4 is 10.1 Å². The number of piperazine rings is 1. The molecule has 1 aromatic heterocycles. The van der Waals surface area contributed by atoms with E-state index in [9.17, 15) is 4.79 Å². The highest BCUT2D eigenvalue weighted by molar-refractivity contribution is 6.08. The lowest BCUT2D eigenvalue weighted by Gasteiger charge is -2.37. The predicted molar refractivity (Wildman–Crippen MR) is 142 cm³/mol. The number of carbonyl (C=O) groups excluding carboxylic acids is 1. The van der Waals surface area contributed by atoms with Crippen molar-refractivity contribution in [2.75, 3.05) is 45.2 Å². The molecular formula is C29H31N3O3. The molecule has 1 atom stereocenters. The number of benzene rings is 3. The zero-order valence-electron chi connectivity index (χ0n) is 20.2. The second-order valence-corrected chi connectivity index (χ2v) is 8.96. The fourth-order valence-electron chi connectivity index (χ4n) is 4.66. The first-order valence-electron chi connectivity index (χ1n) is 12.1. The maximum Gasteiger partial charge on any atom is 0.241 e. The third-order valence-electron chi connectivity index (χ3n) is 6.76. The topological polar surface area (TPSA) is 58.0 Å². The van der Waals surface area contributed by atoms with Gasteiger partial charge in [0.05, 0.1) is 18.8 Å². The number of para-hydroxylation sites is 1. The lowest BCUT2D eigenvalue weighted by molar-refractivity contribution is -0.121. The Balaban J connectivity index is 1.20. The van der Waals surface area contributed by atoms with Crippen molar-refractivity contribution in [1.29, 1.82) is 0 Å². The number of nitrogens with zero attached hydrogens (tertiary/aromatic N) is 2. The summed E-state index contributed by atoms with van der Waals surface area (Å²) in [6.45, 7) is 6.46. The van der Waals surface area contributed by atoms with Crippen LogP contribution in [-0.2, 0) is 4.79 Å². The molecule has 1 aliphatic heterocycles. The summed E-state index contributed by atoms with van der Waals surface area (Å²) in [7, 11) is 1.62. The van der Waals surface area contributed by atoms with Gasteiger partial charge in [-0.15, -0.1) is 0 Å². The van der Waals surface area contributed by atoms with Crippen LogP contribution in [0.5, 0.6) is 5.75 Å². The first-order chi connectivity index (χ1) is 17.1. The molecule has 6 heteroatoms. The van der Waals surface area contributed by atoms with E-state index < -0.39 is 0 Å². The Bertz CT molecular complexity index is 1340. The Morgan fingerprint density at radius 2 is 1.74 bits per heavy atom. The van der Waals surface area contributed by atoms with E-state index in [0.29, 0.717) is 11.4 Å². The average Bonchev–Trinajstić information content (AvgIpc) is 3.26. The minimum absolute atomic E-state index is 0.0452. The van der Waals surface area contributed by atoms with Gasteiger partial charge in [-0.2, -0.15) is 0 Å². The summed E-state index contributed by atoms with van der Waals surface area (Å²) >= 11 is 0. The van der Waals surface area contributed by atoms with Gasteiger partial charge in [0.15, 0.2) is 0 Å². The lowest BCUT2D eigenvalue weighted by Crippen LogP contribution is -2.52. The molecule has 1 aliphatic rings. The molecular weight excluding hydrogens is 438 g/mol. The Hall–Kier alpha value is -3.61. The lowest BCUT2D eigenvalue weighted by atomic mass is 10.1. The van der Waals surface area contributed by atoms with E-state index in [1.165, 1.54) is 5.56 Å². The molecule has 3 aromatic carbocycles. The highest BCUT2D eigenvalue weighted by atomic mass is 16.5. The number of ether oxygens (including phenoxy) is 1. The van der Waals surface area contributed by atoms with Crippen molar-refractivity contribution >= 4 is 39.6 Å². The molecule has 1 fully saturated rings. The number of hydrogen-bond acceptors (Lipinski definition) is 5. The Morgan fingerprint density at radius 1 is 1.00 bits per heavy atom. The van der Waals surface area contributed by atoms with E-state index in [4.69, 9.17) is 9.15 Å². The third kappa shape index (κ3) is 5.09. The second-order valence-electron chi connectivity index (χ2n) is 8.96. The molecule has 180 valence electrons. The van der Waals surface area contributed by atoms with Crippen molar-refractivity contribution < 1.29 is 13.9 Å². The number of methoxy groups -OCH3 is 1. The quantitative estimate of drug-likeness (QED) is 0.401. The molecule has 1 amide bonds. The van der Waals surface area contributed by atoms with Crippen molar-refractivity contribution in [1.82, 2.24) is 9.80 Å². The van der Waals surface area contributed by atoms with Gasteiger partial charge >= 0.3 is 0 Å². The summed E-state index contributed by atoms with van der Waals surface area (Å²) in [6, 6.07) is 21.8. The SMILES string of the molecule is COc1cc2c(cc1NC(=O)[C@@H](C)N1CCN(C/C=C/c3ccccc3)CC1)oc1ccccc12. The van der Waals surface area contributed by atoms with Crippen LogP contribution >= 0.6 is 0 Å². The highest BCUT2D eigenvalue weighted by Crippen LogP contribution is 2.36. The van der Waals surface area contributed by atoms with E-state index in [2.05, 4.69) is 51.5 Å². The molecule has 1 N–H and O–H groups in total. The van der Waals surface area contributed by atoms with Crippen LogP contribution in [0, 0.1) is 0 Å². The third-order valence-corrected chi connectivity index (χ3v) is 6.76. The average molecular weight is 470 g/mol. The van der Waals surface area contributed by atoms with Crippen LogP contribution in [0.25, 0.3) is 28.0 Å². The molecule has 0 spiro atoms. The summed E-state index contributed by atoms with van der Waals surface area (Å²) < 4.78 is 11.6. The number of furan rings is 1. The van der Waals surface area contributed by atoms with E-state index in [1.807, 2.05) is 49.4 Å². The summed E-state index contributed by atoms with van der Waals surface area (Å²) in [4.78, 5) is 17.8. The molecule has 0 bridgehead atoms. The van der Waals surface area contributed by atoms with Crippen molar-refractivity contribution in [3.8, 4) is 5.75 Å². The van der Waals surface area contributed by atoms with Gasteiger partial charge in [0.1, 0.15) is 16.9 Å². The molecule has 0 saturated carbocycles. The number of carbonyl (C=O) groups is 1. The van der Waals surface area contributed by atoms with Gasteiger partial charge in [0.25, 0.3) is 0 Å². The molecule has 1 saturated heterocycles. The number of rotatable bonds is 7. The van der Waals surface area contributed by atoms with Crippen molar-refractivity contribution in [2.24, 2.45) is 0 Å². The van der Waals surface area contributed by atoms with Gasteiger partial charge < -0.3 is 14.5 Å². The monoisotopic (exact) mass is 469 g/mol. The van der Waals surface area contributed by atoms with Crippen molar-refractivity contribution in [2.45, 2.75) is 13.0 Å². The molecule has 0 aliphatic carbocycles. The summed E-state index contributed by atoms with van der Waals surface area (Å²) in [5, 5.41) is 5.07. The maximum absolute atomic E-state index is 13.1. The van der Waals surface area contributed by atoms with E-state index in [-0.39, 0.29) is 11.9 Å². The Kier molecular flexibility index (Phi) is 6.84. The van der Waals surface area contributed by atoms with E-state index >= 15 is 0 Å². The fraction of sp³-hybridized carbons (Fsp3) is 0.276. The van der Waals surface area contributed by atoms with Gasteiger partial charge in [-0.3, -0.25) is 14.6 Å². The Morgan fingerprint density at radius 3 is 2.51 bits per heavy atom. The van der Waals surface area contributed by atoms with Crippen molar-refractivity contribution in [3.63, 3.8) is 0 Å². The van der Waals surface area contributed by atoms with Gasteiger partial charge in [-0.05, 0) is 24.6 Å². The van der Waals surface area contributed by atoms with Gasteiger partial charge in [-0.25, -0.2) is 0 Å². The zero-order chi connectivity index (χ0) is 24.2. The number of fused-ring (bicyclic) bond motifs is 3. The smallest absolute Gasteiger partial charge is 0.241 e. The number of nitrogens with one attached hydrogen (secondary N) is 1. The van der Waals surface area contributed by atoms with Crippen LogP contribution in [0.1, 0.15) is 12.5 Å². The predicted octanol–water partition coefficient (Wildman–Crippen LogP) is 5.25. The van der Waals surface area contributed by atoms with Crippen LogP contribution in [0.2, 0.25) is 0 Å². The normalized spacial score (nSPS) is 16.2. The van der Waals surface area contributed by atoms with Crippen LogP contribution in [0.4, 0.5) is 5.69 Å². The maximum atomic E-state index is 13.1. The minimum atomic E-state index is -0.243. The Labute approximate surface area is 205 Å². The first-order valence-corrected chi connectivity index (χ1v) is 12.1. The van der Waals surface area contributed by atoms with E-state index in [0.717, 1.165) is 54.7 Å². The minimum Gasteiger partial charge on any atom is -0.495 e. The van der Waals surface area contributed by atoms with Gasteiger partial charge in [0, 0.05) is 49.6 Å². The largest absolute Gasteiger partial charge is 0.495 e. The summed E-state index contributed by atoms with van der Waals surface area (Å²) in [5.41, 5.74) is 3.39. The molecule has 5 rings (SSSR count). The highest BCUT2D eigenvalue weighted by Gasteiger charge is 2.26. The molecule has 0 unspecified atom stereocenters. The standard InChI is InChI=1S/C29H31N3O3/c1-21(32-17-15-31(16-18-32)14-8-11-22-9-4-3-5-10-22)29(33)30-25-20-27-24(19-28(25)34-2)23-12-6-7-13-26(23)35-27/h3-13,19-21H,14-18H2,1-2H3,(H,30,33)/b11-8+/t21-/m1/s1. The number of hydrogen-bond donors (Lipinski definition) is 1. The van der Waals surface area contributed by atoms with Crippen LogP contribution in [0.3, 0.4) is 0 Å². The first kappa shape index (κ1) is 23.1. The molecule has 35 heavy (non-hydrogen) atoms.